The second-order valence-electron chi connectivity index (χ2n) is 5.25. The minimum atomic E-state index is 0. The van der Waals surface area contributed by atoms with Gasteiger partial charge in [-0.1, -0.05) is 19.8 Å². The third-order valence-electron chi connectivity index (χ3n) is 3.10. The van der Waals surface area contributed by atoms with Crippen LogP contribution in [0.2, 0.25) is 0 Å². The topological polar surface area (TPSA) is 52.6 Å². The van der Waals surface area contributed by atoms with E-state index in [2.05, 4.69) is 40.5 Å². The fourth-order valence-corrected chi connectivity index (χ4v) is 1.90. The van der Waals surface area contributed by atoms with Crippen molar-refractivity contribution in [3.8, 4) is 0 Å². The molecule has 1 heterocycles. The molecule has 0 amide bonds. The molecule has 0 atom stereocenters. The molecular formula is C16H30IN5. The number of nitrogens with one attached hydrogen (secondary N) is 2. The zero-order valence-electron chi connectivity index (χ0n) is 14.2. The zero-order chi connectivity index (χ0) is 15.5. The number of halogens is 1. The summed E-state index contributed by atoms with van der Waals surface area (Å²) in [5.41, 5.74) is 1.17. The predicted molar refractivity (Wildman–Crippen MR) is 106 cm³/mol. The normalized spacial score (nSPS) is 10.8. The van der Waals surface area contributed by atoms with Gasteiger partial charge in [-0.15, -0.1) is 24.0 Å². The van der Waals surface area contributed by atoms with E-state index in [0.717, 1.165) is 24.9 Å². The highest BCUT2D eigenvalue weighted by atomic mass is 127. The Morgan fingerprint density at radius 3 is 2.64 bits per heavy atom. The molecule has 6 heteroatoms. The molecule has 2 N–H and O–H groups in total. The van der Waals surface area contributed by atoms with Gasteiger partial charge in [0.25, 0.3) is 0 Å². The second-order valence-corrected chi connectivity index (χ2v) is 5.25. The van der Waals surface area contributed by atoms with E-state index in [1.165, 1.54) is 24.8 Å². The number of hydrogen-bond donors (Lipinski definition) is 2. The Morgan fingerprint density at radius 1 is 1.23 bits per heavy atom. The van der Waals surface area contributed by atoms with Gasteiger partial charge >= 0.3 is 0 Å². The van der Waals surface area contributed by atoms with Crippen molar-refractivity contribution in [1.82, 2.24) is 15.6 Å². The predicted octanol–water partition coefficient (Wildman–Crippen LogP) is 3.01. The summed E-state index contributed by atoms with van der Waals surface area (Å²) in [5.74, 6) is 1.85. The van der Waals surface area contributed by atoms with E-state index in [9.17, 15) is 0 Å². The Labute approximate surface area is 152 Å². The van der Waals surface area contributed by atoms with Gasteiger partial charge in [0, 0.05) is 33.4 Å². The second kappa shape index (κ2) is 12.5. The fraction of sp³-hybridized carbons (Fsp3) is 0.625. The molecule has 0 saturated carbocycles. The largest absolute Gasteiger partial charge is 0.363 e. The number of nitrogens with zero attached hydrogens (tertiary/aromatic N) is 3. The molecule has 0 unspecified atom stereocenters. The highest BCUT2D eigenvalue weighted by Gasteiger charge is 2.00. The summed E-state index contributed by atoms with van der Waals surface area (Å²) in [6.45, 7) is 6.80. The van der Waals surface area contributed by atoms with Gasteiger partial charge in [-0.25, -0.2) is 9.98 Å². The number of pyridine rings is 1. The molecule has 0 aliphatic rings. The lowest BCUT2D eigenvalue weighted by atomic mass is 10.2. The summed E-state index contributed by atoms with van der Waals surface area (Å²) in [6, 6.07) is 4.08. The van der Waals surface area contributed by atoms with Gasteiger partial charge in [0.2, 0.25) is 0 Å². The van der Waals surface area contributed by atoms with Crippen molar-refractivity contribution in [2.75, 3.05) is 32.1 Å². The van der Waals surface area contributed by atoms with Crippen LogP contribution in [0, 0.1) is 0 Å². The summed E-state index contributed by atoms with van der Waals surface area (Å²) in [5, 5.41) is 6.66. The Kier molecular flexibility index (Phi) is 11.9. The van der Waals surface area contributed by atoms with E-state index in [-0.39, 0.29) is 24.0 Å². The lowest BCUT2D eigenvalue weighted by molar-refractivity contribution is 0.683. The van der Waals surface area contributed by atoms with E-state index < -0.39 is 0 Å². The van der Waals surface area contributed by atoms with Crippen LogP contribution in [0.15, 0.2) is 23.3 Å². The SMILES string of the molecule is CCCCCNC(=NCc1ccnc(N(C)C)c1)NCC.I. The van der Waals surface area contributed by atoms with E-state index >= 15 is 0 Å². The fourth-order valence-electron chi connectivity index (χ4n) is 1.90. The van der Waals surface area contributed by atoms with Crippen molar-refractivity contribution in [2.24, 2.45) is 4.99 Å². The first-order valence-corrected chi connectivity index (χ1v) is 7.81. The Morgan fingerprint density at radius 2 is 2.00 bits per heavy atom. The van der Waals surface area contributed by atoms with Gasteiger partial charge in [0.1, 0.15) is 5.82 Å². The van der Waals surface area contributed by atoms with Crippen LogP contribution in [0.5, 0.6) is 0 Å². The van der Waals surface area contributed by atoms with Crippen molar-refractivity contribution in [3.63, 3.8) is 0 Å². The molecule has 0 radical (unpaired) electrons. The number of unbranched alkanes of at least 4 members (excludes halogenated alkanes) is 2. The van der Waals surface area contributed by atoms with Crippen molar-refractivity contribution in [1.29, 1.82) is 0 Å². The van der Waals surface area contributed by atoms with Crippen molar-refractivity contribution < 1.29 is 0 Å². The minimum absolute atomic E-state index is 0. The molecule has 0 spiro atoms. The highest BCUT2D eigenvalue weighted by Crippen LogP contribution is 2.10. The maximum atomic E-state index is 4.63. The molecule has 0 bridgehead atoms. The molecule has 22 heavy (non-hydrogen) atoms. The van der Waals surface area contributed by atoms with Gasteiger partial charge in [0.05, 0.1) is 6.54 Å². The van der Waals surface area contributed by atoms with Gasteiger partial charge in [0.15, 0.2) is 5.96 Å². The van der Waals surface area contributed by atoms with E-state index in [1.54, 1.807) is 0 Å². The first-order chi connectivity index (χ1) is 10.2. The molecule has 0 aromatic carbocycles. The van der Waals surface area contributed by atoms with Crippen molar-refractivity contribution in [2.45, 2.75) is 39.7 Å². The maximum absolute atomic E-state index is 4.63. The smallest absolute Gasteiger partial charge is 0.191 e. The lowest BCUT2D eigenvalue weighted by Gasteiger charge is -2.13. The molecule has 1 aromatic heterocycles. The number of rotatable bonds is 8. The number of anilines is 1. The van der Waals surface area contributed by atoms with Crippen LogP contribution in [-0.2, 0) is 6.54 Å². The van der Waals surface area contributed by atoms with Crippen LogP contribution < -0.4 is 15.5 Å². The molecule has 0 fully saturated rings. The third-order valence-corrected chi connectivity index (χ3v) is 3.10. The molecule has 0 aliphatic heterocycles. The van der Waals surface area contributed by atoms with Crippen molar-refractivity contribution in [3.05, 3.63) is 23.9 Å². The number of aromatic nitrogens is 1. The van der Waals surface area contributed by atoms with Crippen LogP contribution in [-0.4, -0.2) is 38.1 Å². The summed E-state index contributed by atoms with van der Waals surface area (Å²) in [4.78, 5) is 10.9. The first kappa shape index (κ1) is 20.9. The van der Waals surface area contributed by atoms with Crippen LogP contribution in [0.1, 0.15) is 38.7 Å². The summed E-state index contributed by atoms with van der Waals surface area (Å²) in [6.07, 6.45) is 5.51. The summed E-state index contributed by atoms with van der Waals surface area (Å²) < 4.78 is 0. The van der Waals surface area contributed by atoms with Crippen molar-refractivity contribution >= 4 is 35.8 Å². The zero-order valence-corrected chi connectivity index (χ0v) is 16.6. The van der Waals surface area contributed by atoms with E-state index in [1.807, 2.05) is 31.3 Å². The average molecular weight is 419 g/mol. The Hall–Kier alpha value is -1.05. The lowest BCUT2D eigenvalue weighted by Crippen LogP contribution is -2.37. The minimum Gasteiger partial charge on any atom is -0.363 e. The summed E-state index contributed by atoms with van der Waals surface area (Å²) in [7, 11) is 3.99. The highest BCUT2D eigenvalue weighted by molar-refractivity contribution is 14.0. The van der Waals surface area contributed by atoms with Crippen LogP contribution in [0.3, 0.4) is 0 Å². The number of hydrogen-bond acceptors (Lipinski definition) is 3. The average Bonchev–Trinajstić information content (AvgIpc) is 2.49. The number of aliphatic imine (C=N–C) groups is 1. The van der Waals surface area contributed by atoms with Crippen LogP contribution in [0.4, 0.5) is 5.82 Å². The van der Waals surface area contributed by atoms with Crippen LogP contribution >= 0.6 is 24.0 Å². The third kappa shape index (κ3) is 8.41. The molecule has 0 saturated heterocycles. The molecule has 1 aromatic rings. The molecule has 1 rings (SSSR count). The first-order valence-electron chi connectivity index (χ1n) is 7.81. The Bertz CT molecular complexity index is 434. The van der Waals surface area contributed by atoms with Gasteiger partial charge in [-0.2, -0.15) is 0 Å². The van der Waals surface area contributed by atoms with E-state index in [4.69, 9.17) is 0 Å². The molecule has 0 aliphatic carbocycles. The van der Waals surface area contributed by atoms with E-state index in [0.29, 0.717) is 6.54 Å². The molecule has 5 nitrogen and oxygen atoms in total. The molecular weight excluding hydrogens is 389 g/mol. The monoisotopic (exact) mass is 419 g/mol. The Balaban J connectivity index is 0.00000441. The van der Waals surface area contributed by atoms with Gasteiger partial charge < -0.3 is 15.5 Å². The summed E-state index contributed by atoms with van der Waals surface area (Å²) >= 11 is 0. The van der Waals surface area contributed by atoms with Gasteiger partial charge in [-0.3, -0.25) is 0 Å². The number of guanidine groups is 1. The quantitative estimate of drug-likeness (QED) is 0.295. The maximum Gasteiger partial charge on any atom is 0.191 e. The van der Waals surface area contributed by atoms with Crippen LogP contribution in [0.25, 0.3) is 0 Å². The standard InChI is InChI=1S/C16H29N5.HI/c1-5-7-8-10-19-16(17-6-2)20-13-14-9-11-18-15(12-14)21(3)4;/h9,11-12H,5-8,10,13H2,1-4H3,(H2,17,19,20);1H. The molecule has 126 valence electrons. The van der Waals surface area contributed by atoms with Gasteiger partial charge in [-0.05, 0) is 31.0 Å².